The van der Waals surface area contributed by atoms with E-state index in [0.717, 1.165) is 28.8 Å². The number of amides is 1. The number of hydrogen-bond acceptors (Lipinski definition) is 9. The molecule has 0 unspecified atom stereocenters. The number of aromatic nitrogens is 2. The van der Waals surface area contributed by atoms with Crippen LogP contribution in [-0.2, 0) is 17.0 Å². The number of carbonyl (C=O) groups is 1. The summed E-state index contributed by atoms with van der Waals surface area (Å²) < 4.78 is 27.8. The van der Waals surface area contributed by atoms with Gasteiger partial charge in [-0.25, -0.2) is 0 Å². The van der Waals surface area contributed by atoms with Gasteiger partial charge in [0.2, 0.25) is 17.6 Å². The van der Waals surface area contributed by atoms with Gasteiger partial charge in [-0.1, -0.05) is 35.5 Å². The Morgan fingerprint density at radius 2 is 2.14 bits per heavy atom. The number of aliphatic hydroxyl groups excluding tert-OH is 1. The van der Waals surface area contributed by atoms with Gasteiger partial charge in [0.1, 0.15) is 0 Å². The highest BCUT2D eigenvalue weighted by molar-refractivity contribution is 8.25. The molecule has 0 aliphatic carbocycles. The lowest BCUT2D eigenvalue weighted by atomic mass is 10.0. The summed E-state index contributed by atoms with van der Waals surface area (Å²) in [4.78, 5) is 21.7. The number of rotatable bonds is 7. The van der Waals surface area contributed by atoms with Gasteiger partial charge in [0.25, 0.3) is 0 Å². The van der Waals surface area contributed by atoms with Crippen LogP contribution in [0, 0.1) is 6.92 Å². The van der Waals surface area contributed by atoms with Gasteiger partial charge in [0.05, 0.1) is 30.0 Å². The molecule has 2 aliphatic rings. The molecule has 36 heavy (non-hydrogen) atoms. The highest BCUT2D eigenvalue weighted by atomic mass is 32.3. The van der Waals surface area contributed by atoms with Crippen LogP contribution < -0.4 is 4.72 Å². The molecular weight excluding hydrogens is 482 g/mol. The number of nitrogens with zero attached hydrogens (tertiary/aromatic N) is 4. The maximum atomic E-state index is 13.5. The van der Waals surface area contributed by atoms with E-state index in [2.05, 4.69) is 19.8 Å². The quantitative estimate of drug-likeness (QED) is 0.375. The van der Waals surface area contributed by atoms with E-state index in [1.165, 1.54) is 0 Å². The van der Waals surface area contributed by atoms with Gasteiger partial charge in [-0.3, -0.25) is 23.5 Å². The van der Waals surface area contributed by atoms with Gasteiger partial charge in [-0.2, -0.15) is 4.98 Å². The van der Waals surface area contributed by atoms with Crippen molar-refractivity contribution in [2.45, 2.75) is 37.7 Å². The second kappa shape index (κ2) is 9.83. The van der Waals surface area contributed by atoms with Crippen molar-refractivity contribution in [3.8, 4) is 11.4 Å². The molecule has 192 valence electrons. The molecule has 3 aromatic rings. The fraction of sp³-hybridized carbons (Fsp3) is 0.400. The first-order valence-corrected chi connectivity index (χ1v) is 13.6. The number of hydrogen-bond donors (Lipinski definition) is 4. The zero-order chi connectivity index (χ0) is 25.4. The molecule has 2 aromatic carbocycles. The minimum Gasteiger partial charge on any atom is -0.392 e. The lowest BCUT2D eigenvalue weighted by Crippen LogP contribution is -2.39. The normalized spacial score (nSPS) is 20.5. The number of aliphatic hydroxyl groups is 1. The predicted molar refractivity (Wildman–Crippen MR) is 137 cm³/mol. The number of benzene rings is 2. The van der Waals surface area contributed by atoms with Crippen molar-refractivity contribution >= 4 is 22.4 Å². The molecule has 3 heterocycles. The Morgan fingerprint density at radius 1 is 1.31 bits per heavy atom. The first-order valence-electron chi connectivity index (χ1n) is 11.9. The van der Waals surface area contributed by atoms with Gasteiger partial charge < -0.3 is 14.5 Å². The third kappa shape index (κ3) is 5.40. The first kappa shape index (κ1) is 24.7. The summed E-state index contributed by atoms with van der Waals surface area (Å²) in [5, 5.41) is 14.1. The fourth-order valence-corrected chi connectivity index (χ4v) is 6.13. The topological polar surface area (TPSA) is 135 Å². The van der Waals surface area contributed by atoms with Gasteiger partial charge in [-0.15, -0.1) is 10.8 Å². The summed E-state index contributed by atoms with van der Waals surface area (Å²) in [6.45, 7) is 3.67. The van der Waals surface area contributed by atoms with Crippen molar-refractivity contribution in [3.05, 3.63) is 65.0 Å². The van der Waals surface area contributed by atoms with Crippen molar-refractivity contribution in [2.75, 3.05) is 31.4 Å². The van der Waals surface area contributed by atoms with Crippen LogP contribution in [0.1, 0.15) is 35.0 Å². The molecule has 2 aliphatic heterocycles. The number of carbonyl (C=O) groups excluding carboxylic acids is 1. The van der Waals surface area contributed by atoms with E-state index in [0.29, 0.717) is 36.9 Å². The van der Waals surface area contributed by atoms with Gasteiger partial charge >= 0.3 is 0 Å². The SMILES string of the molecule is Cc1nc(-c2cccc([C@@H](CN3CC[C@H](O)C3)N(C)C(=O)Cc3ccc4c(c3)NS(O)(O)C4)c2)no1. The number of anilines is 1. The molecule has 1 aromatic heterocycles. The number of nitrogens with one attached hydrogen (secondary N) is 1. The first-order chi connectivity index (χ1) is 17.2. The van der Waals surface area contributed by atoms with E-state index >= 15 is 0 Å². The van der Waals surface area contributed by atoms with Crippen LogP contribution in [0.3, 0.4) is 0 Å². The fourth-order valence-electron chi connectivity index (χ4n) is 4.83. The zero-order valence-electron chi connectivity index (χ0n) is 20.3. The molecule has 0 radical (unpaired) electrons. The third-order valence-electron chi connectivity index (χ3n) is 6.76. The van der Waals surface area contributed by atoms with Crippen LogP contribution in [0.15, 0.2) is 47.0 Å². The summed E-state index contributed by atoms with van der Waals surface area (Å²) in [7, 11) is -1.05. The molecular formula is C25H31N5O5S. The highest BCUT2D eigenvalue weighted by Gasteiger charge is 2.29. The lowest BCUT2D eigenvalue weighted by molar-refractivity contribution is -0.131. The standard InChI is InChI=1S/C25H31N5O5S/c1-16-26-25(27-35-16)19-5-3-4-18(12-19)23(14-30-9-8-21(31)13-30)29(2)24(32)11-17-6-7-20-15-36(33,34)28-22(20)10-17/h3-7,10,12,21,23,28,31,33-34H,8-9,11,13-15H2,1-2H3/t21-,23+/m0/s1. The molecule has 1 saturated heterocycles. The molecule has 1 fully saturated rings. The summed E-state index contributed by atoms with van der Waals surface area (Å²) in [5.41, 5.74) is 4.03. The minimum absolute atomic E-state index is 0.0647. The molecule has 0 bridgehead atoms. The predicted octanol–water partition coefficient (Wildman–Crippen LogP) is 3.44. The van der Waals surface area contributed by atoms with Gasteiger partial charge in [-0.05, 0) is 35.2 Å². The Kier molecular flexibility index (Phi) is 6.75. The molecule has 1 amide bonds. The zero-order valence-corrected chi connectivity index (χ0v) is 21.1. The van der Waals surface area contributed by atoms with Gasteiger partial charge in [0, 0.05) is 39.2 Å². The lowest BCUT2D eigenvalue weighted by Gasteiger charge is -2.32. The van der Waals surface area contributed by atoms with Crippen molar-refractivity contribution in [3.63, 3.8) is 0 Å². The number of fused-ring (bicyclic) bond motifs is 1. The summed E-state index contributed by atoms with van der Waals surface area (Å²) in [5.74, 6) is 1.09. The maximum Gasteiger partial charge on any atom is 0.227 e. The van der Waals surface area contributed by atoms with E-state index < -0.39 is 10.8 Å². The van der Waals surface area contributed by atoms with E-state index in [1.807, 2.05) is 42.5 Å². The van der Waals surface area contributed by atoms with Crippen molar-refractivity contribution in [1.82, 2.24) is 19.9 Å². The van der Waals surface area contributed by atoms with Gasteiger partial charge in [0.15, 0.2) is 0 Å². The third-order valence-corrected chi connectivity index (χ3v) is 8.02. The smallest absolute Gasteiger partial charge is 0.227 e. The molecule has 2 atom stereocenters. The molecule has 5 rings (SSSR count). The Hall–Kier alpha value is -2.96. The Morgan fingerprint density at radius 3 is 2.86 bits per heavy atom. The second-order valence-corrected chi connectivity index (χ2v) is 11.4. The Labute approximate surface area is 211 Å². The monoisotopic (exact) mass is 513 g/mol. The number of β-amino-alcohol motifs (C(OH)–C–C–N with tert-alkyl or cyclic N) is 1. The number of aryl methyl sites for hydroxylation is 1. The van der Waals surface area contributed by atoms with E-state index in [-0.39, 0.29) is 30.2 Å². The number of likely N-dealkylation sites (N-methyl/N-ethyl adjacent to an activating group) is 1. The average Bonchev–Trinajstić information content (AvgIpc) is 3.53. The van der Waals surface area contributed by atoms with E-state index in [9.17, 15) is 19.0 Å². The van der Waals surface area contributed by atoms with Crippen LogP contribution in [-0.4, -0.2) is 72.8 Å². The summed E-state index contributed by atoms with van der Waals surface area (Å²) >= 11 is 0. The molecule has 10 nitrogen and oxygen atoms in total. The Bertz CT molecular complexity index is 1270. The van der Waals surface area contributed by atoms with Crippen LogP contribution in [0.4, 0.5) is 5.69 Å². The van der Waals surface area contributed by atoms with Crippen molar-refractivity contribution in [1.29, 1.82) is 0 Å². The molecule has 11 heteroatoms. The van der Waals surface area contributed by atoms with Crippen molar-refractivity contribution < 1.29 is 23.5 Å². The average molecular weight is 514 g/mol. The highest BCUT2D eigenvalue weighted by Crippen LogP contribution is 2.50. The minimum atomic E-state index is -2.85. The van der Waals surface area contributed by atoms with Crippen LogP contribution in [0.25, 0.3) is 11.4 Å². The van der Waals surface area contributed by atoms with Crippen molar-refractivity contribution in [2.24, 2.45) is 0 Å². The number of likely N-dealkylation sites (tertiary alicyclic amines) is 1. The maximum absolute atomic E-state index is 13.5. The molecule has 4 N–H and O–H groups in total. The van der Waals surface area contributed by atoms with E-state index in [4.69, 9.17) is 4.52 Å². The van der Waals surface area contributed by atoms with Crippen LogP contribution in [0.5, 0.6) is 0 Å². The molecule has 0 saturated carbocycles. The van der Waals surface area contributed by atoms with Crippen LogP contribution >= 0.6 is 10.8 Å². The van der Waals surface area contributed by atoms with Crippen LogP contribution in [0.2, 0.25) is 0 Å². The molecule has 0 spiro atoms. The largest absolute Gasteiger partial charge is 0.392 e. The second-order valence-electron chi connectivity index (χ2n) is 9.57. The van der Waals surface area contributed by atoms with E-state index in [1.54, 1.807) is 18.9 Å². The summed E-state index contributed by atoms with van der Waals surface area (Å²) in [6.07, 6.45) is 0.535. The summed E-state index contributed by atoms with van der Waals surface area (Å²) in [6, 6.07) is 13.1. The Balaban J connectivity index is 1.38.